The third kappa shape index (κ3) is 1.97. The molecule has 2 N–H and O–H groups in total. The second-order valence-electron chi connectivity index (χ2n) is 3.05. The Morgan fingerprint density at radius 1 is 1.50 bits per heavy atom. The largest absolute Gasteiger partial charge is 0.398 e. The number of anilines is 1. The average Bonchev–Trinajstić information content (AvgIpc) is 2.65. The van der Waals surface area contributed by atoms with Crippen molar-refractivity contribution in [1.82, 2.24) is 20.2 Å². The van der Waals surface area contributed by atoms with Gasteiger partial charge in [0.05, 0.1) is 11.3 Å². The number of nitrogen functional groups attached to an aromatic ring is 1. The molecule has 0 amide bonds. The first-order valence-electron chi connectivity index (χ1n) is 4.40. The van der Waals surface area contributed by atoms with Crippen LogP contribution < -0.4 is 5.73 Å². The van der Waals surface area contributed by atoms with E-state index in [4.69, 9.17) is 11.0 Å². The fraction of sp³-hybridized carbons (Fsp3) is 0.111. The van der Waals surface area contributed by atoms with Gasteiger partial charge in [0.2, 0.25) is 5.16 Å². The Hall–Kier alpha value is -2.07. The van der Waals surface area contributed by atoms with Gasteiger partial charge in [0.25, 0.3) is 0 Å². The van der Waals surface area contributed by atoms with Gasteiger partial charge < -0.3 is 5.73 Å². The number of hydrogen-bond donors (Lipinski definition) is 1. The van der Waals surface area contributed by atoms with Crippen molar-refractivity contribution >= 4 is 17.4 Å². The number of nitriles is 1. The molecule has 0 radical (unpaired) electrons. The first-order valence-corrected chi connectivity index (χ1v) is 5.22. The molecule has 0 spiro atoms. The zero-order valence-electron chi connectivity index (χ0n) is 8.45. The fourth-order valence-electron chi connectivity index (χ4n) is 1.12. The Labute approximate surface area is 96.1 Å². The van der Waals surface area contributed by atoms with E-state index in [1.54, 1.807) is 23.9 Å². The first kappa shape index (κ1) is 10.4. The summed E-state index contributed by atoms with van der Waals surface area (Å²) in [6, 6.07) is 7.24. The maximum Gasteiger partial charge on any atom is 0.213 e. The highest BCUT2D eigenvalue weighted by molar-refractivity contribution is 7.99. The third-order valence-electron chi connectivity index (χ3n) is 1.93. The van der Waals surface area contributed by atoms with Crippen LogP contribution >= 0.6 is 11.8 Å². The molecule has 0 saturated heterocycles. The lowest BCUT2D eigenvalue weighted by Gasteiger charge is -2.01. The van der Waals surface area contributed by atoms with E-state index in [1.165, 1.54) is 11.8 Å². The normalized spacial score (nSPS) is 10.0. The number of benzene rings is 1. The van der Waals surface area contributed by atoms with E-state index >= 15 is 0 Å². The second kappa shape index (κ2) is 4.20. The van der Waals surface area contributed by atoms with Gasteiger partial charge in [-0.25, -0.2) is 4.68 Å². The Bertz CT molecular complexity index is 555. The van der Waals surface area contributed by atoms with E-state index in [1.807, 2.05) is 12.1 Å². The molecule has 0 unspecified atom stereocenters. The molecule has 0 atom stereocenters. The van der Waals surface area contributed by atoms with Crippen LogP contribution in [0.3, 0.4) is 0 Å². The molecule has 6 nitrogen and oxygen atoms in total. The fourth-order valence-corrected chi connectivity index (χ4v) is 1.90. The third-order valence-corrected chi connectivity index (χ3v) is 2.95. The topological polar surface area (TPSA) is 93.4 Å². The minimum Gasteiger partial charge on any atom is -0.398 e. The lowest BCUT2D eigenvalue weighted by atomic mass is 10.2. The first-order chi connectivity index (χ1) is 7.70. The van der Waals surface area contributed by atoms with E-state index in [0.29, 0.717) is 16.4 Å². The molecule has 16 heavy (non-hydrogen) atoms. The van der Waals surface area contributed by atoms with Crippen LogP contribution in [0.4, 0.5) is 5.69 Å². The summed E-state index contributed by atoms with van der Waals surface area (Å²) in [6.07, 6.45) is 0. The highest BCUT2D eigenvalue weighted by Crippen LogP contribution is 2.27. The second-order valence-corrected chi connectivity index (χ2v) is 4.09. The van der Waals surface area contributed by atoms with E-state index in [-0.39, 0.29) is 0 Å². The van der Waals surface area contributed by atoms with Gasteiger partial charge in [0.1, 0.15) is 6.07 Å². The van der Waals surface area contributed by atoms with Crippen LogP contribution in [0.5, 0.6) is 0 Å². The molecule has 0 aliphatic carbocycles. The summed E-state index contributed by atoms with van der Waals surface area (Å²) in [4.78, 5) is 0.898. The molecule has 0 bridgehead atoms. The standard InChI is InChI=1S/C9H8N6S/c1-15-9(12-13-14-15)16-7-3-2-6(5-10)8(11)4-7/h2-4H,11H2,1H3. The summed E-state index contributed by atoms with van der Waals surface area (Å²) >= 11 is 1.39. The van der Waals surface area contributed by atoms with Crippen LogP contribution in [-0.4, -0.2) is 20.2 Å². The molecule has 1 heterocycles. The lowest BCUT2D eigenvalue weighted by Crippen LogP contribution is -1.94. The molecule has 0 aliphatic heterocycles. The molecule has 1 aromatic carbocycles. The maximum atomic E-state index is 8.74. The Morgan fingerprint density at radius 3 is 2.88 bits per heavy atom. The maximum absolute atomic E-state index is 8.74. The van der Waals surface area contributed by atoms with Gasteiger partial charge in [0.15, 0.2) is 0 Å². The molecule has 0 saturated carbocycles. The van der Waals surface area contributed by atoms with Crippen LogP contribution in [-0.2, 0) is 7.05 Å². The minimum absolute atomic E-state index is 0.461. The van der Waals surface area contributed by atoms with Gasteiger partial charge in [-0.05, 0) is 40.4 Å². The van der Waals surface area contributed by atoms with Crippen LogP contribution in [0.15, 0.2) is 28.3 Å². The summed E-state index contributed by atoms with van der Waals surface area (Å²) in [5.74, 6) is 0. The zero-order chi connectivity index (χ0) is 11.5. The summed E-state index contributed by atoms with van der Waals surface area (Å²) in [5.41, 5.74) is 6.64. The summed E-state index contributed by atoms with van der Waals surface area (Å²) in [7, 11) is 1.76. The van der Waals surface area contributed by atoms with Crippen molar-refractivity contribution in [2.45, 2.75) is 10.1 Å². The SMILES string of the molecule is Cn1nnnc1Sc1ccc(C#N)c(N)c1. The Morgan fingerprint density at radius 2 is 2.31 bits per heavy atom. The van der Waals surface area contributed by atoms with Gasteiger partial charge in [0, 0.05) is 11.9 Å². The molecule has 7 heteroatoms. The number of tetrazole rings is 1. The van der Waals surface area contributed by atoms with Crippen molar-refractivity contribution in [3.63, 3.8) is 0 Å². The lowest BCUT2D eigenvalue weighted by molar-refractivity contribution is 0.664. The Kier molecular flexibility index (Phi) is 2.74. The highest BCUT2D eigenvalue weighted by atomic mass is 32.2. The van der Waals surface area contributed by atoms with E-state index in [0.717, 1.165) is 4.90 Å². The van der Waals surface area contributed by atoms with Crippen LogP contribution in [0.2, 0.25) is 0 Å². The summed E-state index contributed by atoms with van der Waals surface area (Å²) in [5, 5.41) is 20.5. The van der Waals surface area contributed by atoms with Crippen molar-refractivity contribution in [3.8, 4) is 6.07 Å². The molecule has 2 aromatic rings. The van der Waals surface area contributed by atoms with E-state index in [2.05, 4.69) is 15.5 Å². The molecule has 80 valence electrons. The highest BCUT2D eigenvalue weighted by Gasteiger charge is 2.06. The van der Waals surface area contributed by atoms with Crippen LogP contribution in [0, 0.1) is 11.3 Å². The smallest absolute Gasteiger partial charge is 0.213 e. The number of hydrogen-bond acceptors (Lipinski definition) is 6. The predicted octanol–water partition coefficient (Wildman–Crippen LogP) is 0.815. The van der Waals surface area contributed by atoms with E-state index in [9.17, 15) is 0 Å². The Balaban J connectivity index is 2.27. The molecular weight excluding hydrogens is 224 g/mol. The number of nitrogens with two attached hydrogens (primary N) is 1. The number of nitrogens with zero attached hydrogens (tertiary/aromatic N) is 5. The van der Waals surface area contributed by atoms with Crippen LogP contribution in [0.25, 0.3) is 0 Å². The van der Waals surface area contributed by atoms with Gasteiger partial charge in [-0.3, -0.25) is 0 Å². The van der Waals surface area contributed by atoms with Crippen LogP contribution in [0.1, 0.15) is 5.56 Å². The van der Waals surface area contributed by atoms with E-state index < -0.39 is 0 Å². The van der Waals surface area contributed by atoms with Crippen molar-refractivity contribution in [3.05, 3.63) is 23.8 Å². The molecule has 0 fully saturated rings. The van der Waals surface area contributed by atoms with Gasteiger partial charge >= 0.3 is 0 Å². The predicted molar refractivity (Wildman–Crippen MR) is 58.5 cm³/mol. The van der Waals surface area contributed by atoms with Gasteiger partial charge in [-0.2, -0.15) is 5.26 Å². The van der Waals surface area contributed by atoms with Crippen molar-refractivity contribution < 1.29 is 0 Å². The summed E-state index contributed by atoms with van der Waals surface area (Å²) in [6.45, 7) is 0. The quantitative estimate of drug-likeness (QED) is 0.770. The average molecular weight is 232 g/mol. The number of rotatable bonds is 2. The molecule has 0 aliphatic rings. The monoisotopic (exact) mass is 232 g/mol. The number of aromatic nitrogens is 4. The zero-order valence-corrected chi connectivity index (χ0v) is 9.27. The molecule has 2 rings (SSSR count). The minimum atomic E-state index is 0.461. The van der Waals surface area contributed by atoms with Crippen molar-refractivity contribution in [2.75, 3.05) is 5.73 Å². The molecular formula is C9H8N6S. The summed E-state index contributed by atoms with van der Waals surface area (Å²) < 4.78 is 1.57. The van der Waals surface area contributed by atoms with Crippen molar-refractivity contribution in [2.24, 2.45) is 7.05 Å². The van der Waals surface area contributed by atoms with Gasteiger partial charge in [-0.1, -0.05) is 0 Å². The number of aryl methyl sites for hydroxylation is 1. The van der Waals surface area contributed by atoms with Gasteiger partial charge in [-0.15, -0.1) is 5.10 Å². The molecule has 1 aromatic heterocycles. The van der Waals surface area contributed by atoms with Crippen molar-refractivity contribution in [1.29, 1.82) is 5.26 Å².